The van der Waals surface area contributed by atoms with Gasteiger partial charge in [-0.15, -0.1) is 0 Å². The maximum atomic E-state index is 11.9. The van der Waals surface area contributed by atoms with Gasteiger partial charge in [0.05, 0.1) is 10.6 Å². The molecule has 2 rings (SSSR count). The lowest BCUT2D eigenvalue weighted by Gasteiger charge is -2.04. The van der Waals surface area contributed by atoms with Crippen LogP contribution < -0.4 is 9.54 Å². The fourth-order valence-corrected chi connectivity index (χ4v) is 3.03. The Balaban J connectivity index is 2.67. The maximum absolute atomic E-state index is 11.9. The fraction of sp³-hybridized carbons (Fsp3) is 0.214. The van der Waals surface area contributed by atoms with Crippen molar-refractivity contribution in [3.8, 4) is 5.88 Å². The number of aromatic nitrogens is 1. The van der Waals surface area contributed by atoms with E-state index in [4.69, 9.17) is 4.74 Å². The summed E-state index contributed by atoms with van der Waals surface area (Å²) in [5.74, 6) is -0.509. The van der Waals surface area contributed by atoms with Crippen molar-refractivity contribution in [3.63, 3.8) is 0 Å². The summed E-state index contributed by atoms with van der Waals surface area (Å²) in [5, 5.41) is 0. The van der Waals surface area contributed by atoms with Crippen molar-refractivity contribution < 1.29 is 14.3 Å². The molecule has 0 aliphatic heterocycles. The summed E-state index contributed by atoms with van der Waals surface area (Å²) in [4.78, 5) is 28.7. The van der Waals surface area contributed by atoms with Gasteiger partial charge in [0, 0.05) is 18.3 Å². The molecule has 0 saturated carbocycles. The van der Waals surface area contributed by atoms with E-state index in [1.165, 1.54) is 29.8 Å². The van der Waals surface area contributed by atoms with Crippen molar-refractivity contribution in [1.82, 2.24) is 4.57 Å². The van der Waals surface area contributed by atoms with Crippen LogP contribution in [0.2, 0.25) is 0 Å². The summed E-state index contributed by atoms with van der Waals surface area (Å²) >= 11 is 4.70. The zero-order valence-electron chi connectivity index (χ0n) is 11.7. The Morgan fingerprint density at radius 2 is 1.95 bits per heavy atom. The van der Waals surface area contributed by atoms with Crippen molar-refractivity contribution in [1.29, 1.82) is 0 Å². The Morgan fingerprint density at radius 1 is 1.29 bits per heavy atom. The van der Waals surface area contributed by atoms with Gasteiger partial charge in [0.25, 0.3) is 0 Å². The molecule has 0 saturated heterocycles. The SMILES string of the molecule is CC(=O)Oc1c(C)sc(=Nc2ccccc2Br)n1C(C)=O. The number of para-hydroxylation sites is 1. The molecule has 1 aromatic carbocycles. The number of aryl methyl sites for hydroxylation is 1. The zero-order valence-corrected chi connectivity index (χ0v) is 14.1. The highest BCUT2D eigenvalue weighted by Gasteiger charge is 2.17. The maximum Gasteiger partial charge on any atom is 0.309 e. The standard InChI is InChI=1S/C14H13BrN2O3S/c1-8-13(20-10(3)19)17(9(2)18)14(21-8)16-12-7-5-4-6-11(12)15/h4-7H,1-3H3. The Bertz CT molecular complexity index is 777. The van der Waals surface area contributed by atoms with E-state index in [9.17, 15) is 9.59 Å². The third-order valence-corrected chi connectivity index (χ3v) is 4.17. The third kappa shape index (κ3) is 3.48. The number of esters is 1. The van der Waals surface area contributed by atoms with Gasteiger partial charge in [0.1, 0.15) is 0 Å². The Hall–Kier alpha value is -1.73. The molecule has 0 fully saturated rings. The molecule has 110 valence electrons. The van der Waals surface area contributed by atoms with Gasteiger partial charge in [0.15, 0.2) is 4.80 Å². The average molecular weight is 369 g/mol. The van der Waals surface area contributed by atoms with Crippen LogP contribution in [0, 0.1) is 6.92 Å². The largest absolute Gasteiger partial charge is 0.408 e. The van der Waals surface area contributed by atoms with E-state index >= 15 is 0 Å². The second-order valence-electron chi connectivity index (χ2n) is 4.26. The molecule has 5 nitrogen and oxygen atoms in total. The lowest BCUT2D eigenvalue weighted by atomic mass is 10.3. The van der Waals surface area contributed by atoms with Crippen molar-refractivity contribution in [2.75, 3.05) is 0 Å². The second-order valence-corrected chi connectivity index (χ2v) is 6.29. The van der Waals surface area contributed by atoms with Gasteiger partial charge in [-0.05, 0) is 35.0 Å². The number of ether oxygens (including phenoxy) is 1. The number of nitrogens with zero attached hydrogens (tertiary/aromatic N) is 2. The predicted octanol–water partition coefficient (Wildman–Crippen LogP) is 3.44. The molecule has 0 N–H and O–H groups in total. The van der Waals surface area contributed by atoms with Crippen LogP contribution >= 0.6 is 27.3 Å². The molecule has 1 aromatic heterocycles. The number of benzene rings is 1. The van der Waals surface area contributed by atoms with Gasteiger partial charge >= 0.3 is 5.97 Å². The minimum absolute atomic E-state index is 0.228. The topological polar surface area (TPSA) is 60.7 Å². The van der Waals surface area contributed by atoms with Gasteiger partial charge in [-0.1, -0.05) is 23.5 Å². The van der Waals surface area contributed by atoms with E-state index < -0.39 is 5.97 Å². The minimum atomic E-state index is -0.474. The van der Waals surface area contributed by atoms with Crippen molar-refractivity contribution >= 4 is 44.8 Å². The molecule has 0 bridgehead atoms. The molecule has 0 atom stereocenters. The quantitative estimate of drug-likeness (QED) is 0.762. The first-order valence-electron chi connectivity index (χ1n) is 6.11. The van der Waals surface area contributed by atoms with Gasteiger partial charge in [-0.25, -0.2) is 9.56 Å². The number of halogens is 1. The number of carbonyl (C=O) groups excluding carboxylic acids is 2. The highest BCUT2D eigenvalue weighted by atomic mass is 79.9. The molecule has 0 aliphatic carbocycles. The lowest BCUT2D eigenvalue weighted by molar-refractivity contribution is -0.132. The van der Waals surface area contributed by atoms with Crippen LogP contribution in [-0.4, -0.2) is 16.4 Å². The molecule has 0 radical (unpaired) electrons. The lowest BCUT2D eigenvalue weighted by Crippen LogP contribution is -2.22. The summed E-state index contributed by atoms with van der Waals surface area (Å²) in [5.41, 5.74) is 0.697. The summed E-state index contributed by atoms with van der Waals surface area (Å²) < 4.78 is 7.25. The monoisotopic (exact) mass is 368 g/mol. The normalized spacial score (nSPS) is 11.5. The highest BCUT2D eigenvalue weighted by Crippen LogP contribution is 2.26. The van der Waals surface area contributed by atoms with Crippen molar-refractivity contribution in [2.24, 2.45) is 4.99 Å². The molecule has 0 unspecified atom stereocenters. The molecular weight excluding hydrogens is 356 g/mol. The van der Waals surface area contributed by atoms with Crippen LogP contribution in [0.15, 0.2) is 33.7 Å². The Kier molecular flexibility index (Phi) is 4.74. The van der Waals surface area contributed by atoms with Crippen LogP contribution in [0.4, 0.5) is 5.69 Å². The van der Waals surface area contributed by atoms with E-state index in [1.54, 1.807) is 6.92 Å². The van der Waals surface area contributed by atoms with Crippen LogP contribution in [0.3, 0.4) is 0 Å². The van der Waals surface area contributed by atoms with Crippen LogP contribution in [0.1, 0.15) is 23.5 Å². The molecule has 1 heterocycles. The number of hydrogen-bond acceptors (Lipinski definition) is 5. The number of hydrogen-bond donors (Lipinski definition) is 0. The van der Waals surface area contributed by atoms with Gasteiger partial charge in [-0.2, -0.15) is 0 Å². The van der Waals surface area contributed by atoms with Crippen LogP contribution in [0.25, 0.3) is 0 Å². The fourth-order valence-electron chi connectivity index (χ4n) is 1.72. The summed E-state index contributed by atoms with van der Waals surface area (Å²) in [7, 11) is 0. The van der Waals surface area contributed by atoms with E-state index in [-0.39, 0.29) is 11.8 Å². The Labute approximate surface area is 134 Å². The van der Waals surface area contributed by atoms with Gasteiger partial charge < -0.3 is 4.74 Å². The summed E-state index contributed by atoms with van der Waals surface area (Å²) in [6.07, 6.45) is 0. The first kappa shape index (κ1) is 15.7. The van der Waals surface area contributed by atoms with E-state index in [0.717, 1.165) is 4.47 Å². The van der Waals surface area contributed by atoms with Crippen molar-refractivity contribution in [3.05, 3.63) is 38.4 Å². The van der Waals surface area contributed by atoms with Crippen LogP contribution in [0.5, 0.6) is 5.88 Å². The molecule has 7 heteroatoms. The summed E-state index contributed by atoms with van der Waals surface area (Å²) in [6, 6.07) is 7.43. The molecule has 21 heavy (non-hydrogen) atoms. The predicted molar refractivity (Wildman–Crippen MR) is 84.0 cm³/mol. The summed E-state index contributed by atoms with van der Waals surface area (Å²) in [6.45, 7) is 4.48. The minimum Gasteiger partial charge on any atom is -0.408 e. The van der Waals surface area contributed by atoms with Gasteiger partial charge in [0.2, 0.25) is 11.8 Å². The molecule has 2 aromatic rings. The third-order valence-electron chi connectivity index (χ3n) is 2.56. The van der Waals surface area contributed by atoms with E-state index in [0.29, 0.717) is 15.4 Å². The second kappa shape index (κ2) is 6.36. The average Bonchev–Trinajstić information content (AvgIpc) is 2.68. The van der Waals surface area contributed by atoms with E-state index in [2.05, 4.69) is 20.9 Å². The Morgan fingerprint density at radius 3 is 2.52 bits per heavy atom. The zero-order chi connectivity index (χ0) is 15.6. The first-order valence-corrected chi connectivity index (χ1v) is 7.72. The molecule has 0 amide bonds. The smallest absolute Gasteiger partial charge is 0.309 e. The molecule has 0 aliphatic rings. The van der Waals surface area contributed by atoms with Crippen LogP contribution in [-0.2, 0) is 4.79 Å². The molecular formula is C14H13BrN2O3S. The highest BCUT2D eigenvalue weighted by molar-refractivity contribution is 9.10. The number of carbonyl (C=O) groups is 2. The van der Waals surface area contributed by atoms with E-state index in [1.807, 2.05) is 24.3 Å². The van der Waals surface area contributed by atoms with Crippen molar-refractivity contribution in [2.45, 2.75) is 20.8 Å². The van der Waals surface area contributed by atoms with Gasteiger partial charge in [-0.3, -0.25) is 9.59 Å². The number of thiazole rings is 1. The number of rotatable bonds is 2. The first-order chi connectivity index (χ1) is 9.90. The molecule has 0 spiro atoms.